The fourth-order valence-corrected chi connectivity index (χ4v) is 23.2. The van der Waals surface area contributed by atoms with E-state index in [1.54, 1.807) is 31.8 Å². The van der Waals surface area contributed by atoms with Gasteiger partial charge < -0.3 is 0 Å². The van der Waals surface area contributed by atoms with Crippen molar-refractivity contribution in [1.29, 1.82) is 0 Å². The monoisotopic (exact) mass is 558 g/mol. The molecular formula is C38H40P2. The predicted molar refractivity (Wildman–Crippen MR) is 182 cm³/mol. The summed E-state index contributed by atoms with van der Waals surface area (Å²) in [6.45, 7) is -5.17. The molecule has 5 aromatic rings. The summed E-state index contributed by atoms with van der Waals surface area (Å²) in [7, 11) is 0. The first-order valence-corrected chi connectivity index (χ1v) is 20.3. The Morgan fingerprint density at radius 2 is 0.450 bits per heavy atom. The zero-order chi connectivity index (χ0) is 27.0. The van der Waals surface area contributed by atoms with Crippen molar-refractivity contribution in [3.63, 3.8) is 0 Å². The summed E-state index contributed by atoms with van der Waals surface area (Å²) in [6, 6.07) is 56.7. The van der Waals surface area contributed by atoms with E-state index in [0.717, 1.165) is 0 Å². The molecule has 0 bridgehead atoms. The summed E-state index contributed by atoms with van der Waals surface area (Å²) in [5.74, 6) is 0. The summed E-state index contributed by atoms with van der Waals surface area (Å²) in [5, 5.41) is 9.44. The molecule has 0 aliphatic carbocycles. The van der Waals surface area contributed by atoms with Crippen molar-refractivity contribution in [2.45, 2.75) is 25.7 Å². The second kappa shape index (κ2) is 9.80. The third kappa shape index (κ3) is 3.40. The van der Waals surface area contributed by atoms with Crippen molar-refractivity contribution in [2.24, 2.45) is 0 Å². The molecule has 2 aliphatic heterocycles. The Balaban J connectivity index is 1.50. The molecule has 202 valence electrons. The Kier molecular flexibility index (Phi) is 6.35. The molecule has 2 fully saturated rings. The van der Waals surface area contributed by atoms with Crippen LogP contribution in [0.3, 0.4) is 0 Å². The molecule has 0 aromatic heterocycles. The molecule has 0 unspecified atom stereocenters. The summed E-state index contributed by atoms with van der Waals surface area (Å²) >= 11 is 0. The fraction of sp³-hybridized carbons (Fsp3) is 0.211. The van der Waals surface area contributed by atoms with Crippen molar-refractivity contribution < 1.29 is 0 Å². The van der Waals surface area contributed by atoms with Crippen LogP contribution in [0.1, 0.15) is 25.7 Å². The van der Waals surface area contributed by atoms with Crippen LogP contribution in [0.4, 0.5) is 0 Å². The van der Waals surface area contributed by atoms with Crippen LogP contribution in [0.5, 0.6) is 0 Å². The standard InChI is InChI=1S/C38H40P2/c1-5-17-33(18-6-1)39(29-13-14-30-39,34-19-7-2-8-20-34)37-25-27-38(28-26-37)40(31-15-16-32-40,35-21-9-3-10-22-35)36-23-11-4-12-24-36/h1-12,17-28H,13-16,29-32H2. The summed E-state index contributed by atoms with van der Waals surface area (Å²) in [4.78, 5) is 0. The molecule has 40 heavy (non-hydrogen) atoms. The molecule has 0 spiro atoms. The van der Waals surface area contributed by atoms with E-state index in [4.69, 9.17) is 0 Å². The van der Waals surface area contributed by atoms with Crippen LogP contribution >= 0.6 is 13.2 Å². The van der Waals surface area contributed by atoms with E-state index in [2.05, 4.69) is 146 Å². The molecular weight excluding hydrogens is 518 g/mol. The van der Waals surface area contributed by atoms with Gasteiger partial charge in [0, 0.05) is 0 Å². The van der Waals surface area contributed by atoms with Crippen LogP contribution in [-0.2, 0) is 0 Å². The molecule has 2 heterocycles. The Morgan fingerprint density at radius 1 is 0.250 bits per heavy atom. The predicted octanol–water partition coefficient (Wildman–Crippen LogP) is 6.93. The molecule has 2 heteroatoms. The average molecular weight is 559 g/mol. The summed E-state index contributed by atoms with van der Waals surface area (Å²) in [6.07, 6.45) is 10.3. The molecule has 0 radical (unpaired) electrons. The molecule has 0 saturated carbocycles. The van der Waals surface area contributed by atoms with Crippen molar-refractivity contribution in [2.75, 3.05) is 24.6 Å². The van der Waals surface area contributed by atoms with Gasteiger partial charge in [0.15, 0.2) is 0 Å². The van der Waals surface area contributed by atoms with E-state index < -0.39 is 13.2 Å². The molecule has 7 rings (SSSR count). The molecule has 0 amide bonds. The van der Waals surface area contributed by atoms with Gasteiger partial charge in [-0.3, -0.25) is 0 Å². The number of hydrogen-bond acceptors (Lipinski definition) is 0. The maximum absolute atomic E-state index is 2.59. The number of rotatable bonds is 6. The average Bonchev–Trinajstić information content (AvgIpc) is 3.72. The first kappa shape index (κ1) is 25.9. The topological polar surface area (TPSA) is 0 Å². The number of hydrogen-bond donors (Lipinski definition) is 0. The van der Waals surface area contributed by atoms with Crippen LogP contribution in [0.2, 0.25) is 0 Å². The zero-order valence-corrected chi connectivity index (χ0v) is 25.2. The van der Waals surface area contributed by atoms with Gasteiger partial charge in [-0.05, 0) is 0 Å². The second-order valence-electron chi connectivity index (χ2n) is 12.2. The third-order valence-electron chi connectivity index (χ3n) is 10.7. The van der Waals surface area contributed by atoms with Gasteiger partial charge in [0.25, 0.3) is 0 Å². The fourth-order valence-electron chi connectivity index (χ4n) is 8.83. The molecule has 0 N–H and O–H groups in total. The van der Waals surface area contributed by atoms with Gasteiger partial charge in [-0.15, -0.1) is 0 Å². The van der Waals surface area contributed by atoms with E-state index in [-0.39, 0.29) is 0 Å². The second-order valence-corrected chi connectivity index (χ2v) is 23.1. The van der Waals surface area contributed by atoms with Gasteiger partial charge in [-0.1, -0.05) is 0 Å². The summed E-state index contributed by atoms with van der Waals surface area (Å²) in [5.41, 5.74) is 0. The first-order valence-electron chi connectivity index (χ1n) is 15.1. The van der Waals surface area contributed by atoms with Crippen LogP contribution in [0, 0.1) is 0 Å². The van der Waals surface area contributed by atoms with Gasteiger partial charge in [-0.25, -0.2) is 0 Å². The van der Waals surface area contributed by atoms with Gasteiger partial charge >= 0.3 is 241 Å². The Labute approximate surface area is 240 Å². The van der Waals surface area contributed by atoms with Gasteiger partial charge in [0.05, 0.1) is 0 Å². The van der Waals surface area contributed by atoms with Crippen LogP contribution in [0.15, 0.2) is 146 Å². The van der Waals surface area contributed by atoms with Crippen LogP contribution in [-0.4, -0.2) is 24.6 Å². The van der Waals surface area contributed by atoms with E-state index in [9.17, 15) is 0 Å². The third-order valence-corrected chi connectivity index (χ3v) is 25.2. The minimum absolute atomic E-state index is 1.28. The number of benzene rings is 5. The first-order chi connectivity index (χ1) is 19.7. The molecule has 0 nitrogen and oxygen atoms in total. The van der Waals surface area contributed by atoms with Gasteiger partial charge in [0.1, 0.15) is 0 Å². The Morgan fingerprint density at radius 3 is 0.675 bits per heavy atom. The molecule has 2 aliphatic rings. The maximum atomic E-state index is 2.59. The van der Waals surface area contributed by atoms with Crippen LogP contribution in [0.25, 0.3) is 0 Å². The van der Waals surface area contributed by atoms with Crippen molar-refractivity contribution in [1.82, 2.24) is 0 Å². The molecule has 5 aromatic carbocycles. The van der Waals surface area contributed by atoms with E-state index >= 15 is 0 Å². The summed E-state index contributed by atoms with van der Waals surface area (Å²) < 4.78 is 0. The van der Waals surface area contributed by atoms with Gasteiger partial charge in [0.2, 0.25) is 0 Å². The van der Waals surface area contributed by atoms with Gasteiger partial charge in [-0.2, -0.15) is 0 Å². The van der Waals surface area contributed by atoms with E-state index in [1.165, 1.54) is 50.3 Å². The van der Waals surface area contributed by atoms with Crippen molar-refractivity contribution in [3.8, 4) is 0 Å². The quantitative estimate of drug-likeness (QED) is 0.198. The zero-order valence-electron chi connectivity index (χ0n) is 23.4. The minimum atomic E-state index is -2.58. The normalized spacial score (nSPS) is 22.3. The Bertz CT molecular complexity index is 1370. The SMILES string of the molecule is c1ccc(P2(c3ccccc3)(c3ccc(P4(c5ccccc5)(c5ccccc5)CCCC4)cc3)CCCC2)cc1. The molecule has 2 saturated heterocycles. The van der Waals surface area contributed by atoms with Crippen molar-refractivity contribution >= 4 is 45.0 Å². The van der Waals surface area contributed by atoms with E-state index in [1.807, 2.05) is 0 Å². The van der Waals surface area contributed by atoms with E-state index in [0.29, 0.717) is 0 Å². The van der Waals surface area contributed by atoms with Crippen LogP contribution < -0.4 is 31.8 Å². The molecule has 0 atom stereocenters. The van der Waals surface area contributed by atoms with Crippen molar-refractivity contribution in [3.05, 3.63) is 146 Å². The Hall–Kier alpha value is -3.04.